The number of nitrogens with two attached hydrogens (primary N) is 1. The van der Waals surface area contributed by atoms with E-state index in [2.05, 4.69) is 9.97 Å². The molecule has 4 nitrogen and oxygen atoms in total. The molecule has 0 bridgehead atoms. The van der Waals surface area contributed by atoms with E-state index in [-0.39, 0.29) is 0 Å². The molecule has 0 atom stereocenters. The highest BCUT2D eigenvalue weighted by molar-refractivity contribution is 5.38. The minimum absolute atomic E-state index is 0.438. The van der Waals surface area contributed by atoms with E-state index in [0.717, 1.165) is 5.56 Å². The number of pyridine rings is 2. The van der Waals surface area contributed by atoms with Crippen LogP contribution in [0.1, 0.15) is 19.4 Å². The largest absolute Gasteiger partial charge is 0.456 e. The van der Waals surface area contributed by atoms with Crippen molar-refractivity contribution in [3.8, 4) is 11.5 Å². The van der Waals surface area contributed by atoms with Gasteiger partial charge < -0.3 is 10.5 Å². The lowest BCUT2D eigenvalue weighted by atomic mass is 10.3. The topological polar surface area (TPSA) is 61.0 Å². The van der Waals surface area contributed by atoms with Gasteiger partial charge in [0.15, 0.2) is 0 Å². The molecule has 2 aromatic rings. The monoisotopic (exact) mass is 231 g/mol. The van der Waals surface area contributed by atoms with Crippen molar-refractivity contribution in [3.63, 3.8) is 0 Å². The van der Waals surface area contributed by atoms with E-state index in [0.29, 0.717) is 17.3 Å². The molecule has 0 saturated heterocycles. The Kier molecular flexibility index (Phi) is 4.94. The third-order valence-electron chi connectivity index (χ3n) is 1.84. The van der Waals surface area contributed by atoms with Gasteiger partial charge in [0, 0.05) is 18.5 Å². The molecular weight excluding hydrogens is 214 g/mol. The predicted octanol–water partition coefficient (Wildman–Crippen LogP) is 3.19. The van der Waals surface area contributed by atoms with Crippen molar-refractivity contribution in [2.75, 3.05) is 5.73 Å². The molecule has 0 spiro atoms. The lowest BCUT2D eigenvalue weighted by Gasteiger charge is -2.05. The quantitative estimate of drug-likeness (QED) is 0.862. The van der Waals surface area contributed by atoms with Crippen molar-refractivity contribution >= 4 is 5.82 Å². The summed E-state index contributed by atoms with van der Waals surface area (Å²) in [6.07, 6.45) is 5.03. The zero-order chi connectivity index (χ0) is 12.7. The van der Waals surface area contributed by atoms with Gasteiger partial charge in [0.2, 0.25) is 0 Å². The first-order chi connectivity index (χ1) is 8.24. The fraction of sp³-hybridized carbons (Fsp3) is 0.231. The Morgan fingerprint density at radius 3 is 2.53 bits per heavy atom. The highest BCUT2D eigenvalue weighted by atomic mass is 16.5. The van der Waals surface area contributed by atoms with Gasteiger partial charge in [-0.15, -0.1) is 0 Å². The number of hydrogen-bond donors (Lipinski definition) is 1. The lowest BCUT2D eigenvalue weighted by Crippen LogP contribution is -1.91. The van der Waals surface area contributed by atoms with E-state index in [9.17, 15) is 0 Å². The number of nitrogen functional groups attached to an aromatic ring is 1. The number of nitrogens with zero attached hydrogens (tertiary/aromatic N) is 2. The molecule has 2 N–H and O–H groups in total. The van der Waals surface area contributed by atoms with Gasteiger partial charge >= 0.3 is 0 Å². The third-order valence-corrected chi connectivity index (χ3v) is 1.84. The second-order valence-electron chi connectivity index (χ2n) is 3.22. The van der Waals surface area contributed by atoms with Crippen molar-refractivity contribution in [3.05, 3.63) is 42.4 Å². The third kappa shape index (κ3) is 4.10. The normalized spacial score (nSPS) is 9.12. The molecule has 0 aromatic carbocycles. The average molecular weight is 231 g/mol. The van der Waals surface area contributed by atoms with E-state index in [1.807, 2.05) is 26.8 Å². The zero-order valence-corrected chi connectivity index (χ0v) is 10.3. The summed E-state index contributed by atoms with van der Waals surface area (Å²) in [6, 6.07) is 5.32. The van der Waals surface area contributed by atoms with Gasteiger partial charge in [-0.1, -0.05) is 13.8 Å². The van der Waals surface area contributed by atoms with Crippen LogP contribution in [0, 0.1) is 6.92 Å². The summed E-state index contributed by atoms with van der Waals surface area (Å²) in [5.74, 6) is 1.80. The molecule has 0 unspecified atom stereocenters. The van der Waals surface area contributed by atoms with Crippen molar-refractivity contribution < 1.29 is 4.74 Å². The molecule has 0 radical (unpaired) electrons. The molecule has 0 amide bonds. The Hall–Kier alpha value is -2.10. The summed E-state index contributed by atoms with van der Waals surface area (Å²) in [7, 11) is 0. The second-order valence-corrected chi connectivity index (χ2v) is 3.22. The maximum absolute atomic E-state index is 5.56. The van der Waals surface area contributed by atoms with Crippen LogP contribution in [0.3, 0.4) is 0 Å². The molecule has 2 rings (SSSR count). The molecular formula is C13H17N3O. The number of rotatable bonds is 2. The summed E-state index contributed by atoms with van der Waals surface area (Å²) >= 11 is 0. The highest BCUT2D eigenvalue weighted by Gasteiger charge is 1.98. The van der Waals surface area contributed by atoms with E-state index in [4.69, 9.17) is 10.5 Å². The van der Waals surface area contributed by atoms with Gasteiger partial charge in [-0.25, -0.2) is 4.98 Å². The first kappa shape index (κ1) is 13.0. The van der Waals surface area contributed by atoms with Crippen LogP contribution in [-0.2, 0) is 0 Å². The van der Waals surface area contributed by atoms with Crippen molar-refractivity contribution in [1.82, 2.24) is 9.97 Å². The first-order valence-electron chi connectivity index (χ1n) is 5.55. The van der Waals surface area contributed by atoms with Crippen LogP contribution in [0.4, 0.5) is 5.82 Å². The van der Waals surface area contributed by atoms with Gasteiger partial charge in [-0.05, 0) is 24.6 Å². The van der Waals surface area contributed by atoms with E-state index in [1.54, 1.807) is 30.7 Å². The summed E-state index contributed by atoms with van der Waals surface area (Å²) in [6.45, 7) is 5.96. The fourth-order valence-corrected chi connectivity index (χ4v) is 1.21. The Morgan fingerprint density at radius 1 is 1.12 bits per heavy atom. The molecule has 0 aliphatic heterocycles. The zero-order valence-electron chi connectivity index (χ0n) is 10.3. The van der Waals surface area contributed by atoms with Gasteiger partial charge in [0.05, 0.1) is 6.20 Å². The number of anilines is 1. The molecule has 0 aliphatic carbocycles. The van der Waals surface area contributed by atoms with Crippen LogP contribution >= 0.6 is 0 Å². The van der Waals surface area contributed by atoms with Gasteiger partial charge in [-0.2, -0.15) is 0 Å². The molecule has 2 heterocycles. The summed E-state index contributed by atoms with van der Waals surface area (Å²) in [5.41, 5.74) is 6.59. The van der Waals surface area contributed by atoms with Crippen LogP contribution in [0.15, 0.2) is 36.8 Å². The van der Waals surface area contributed by atoms with Crippen LogP contribution in [-0.4, -0.2) is 9.97 Å². The standard InChI is InChI=1S/C11H11N3O.C2H6/c1-8-4-10(7-13-6-8)15-9-2-3-14-11(12)5-9;1-2/h2-7H,1H3,(H2,12,14);1-2H3. The van der Waals surface area contributed by atoms with Gasteiger partial charge in [0.1, 0.15) is 17.3 Å². The molecule has 90 valence electrons. The Morgan fingerprint density at radius 2 is 1.88 bits per heavy atom. The smallest absolute Gasteiger partial charge is 0.145 e. The maximum atomic E-state index is 5.56. The maximum Gasteiger partial charge on any atom is 0.145 e. The van der Waals surface area contributed by atoms with Crippen LogP contribution in [0.25, 0.3) is 0 Å². The molecule has 0 aliphatic rings. The van der Waals surface area contributed by atoms with E-state index in [1.165, 1.54) is 0 Å². The Labute approximate surface area is 101 Å². The SMILES string of the molecule is CC.Cc1cncc(Oc2ccnc(N)c2)c1. The van der Waals surface area contributed by atoms with Crippen LogP contribution in [0.2, 0.25) is 0 Å². The second kappa shape index (κ2) is 6.48. The molecule has 0 fully saturated rings. The van der Waals surface area contributed by atoms with Crippen LogP contribution in [0.5, 0.6) is 11.5 Å². The molecule has 4 heteroatoms. The Bertz CT molecular complexity index is 428. The molecule has 17 heavy (non-hydrogen) atoms. The van der Waals surface area contributed by atoms with Crippen molar-refractivity contribution in [1.29, 1.82) is 0 Å². The first-order valence-corrected chi connectivity index (χ1v) is 5.55. The van der Waals surface area contributed by atoms with E-state index < -0.39 is 0 Å². The minimum atomic E-state index is 0.438. The molecule has 2 aromatic heterocycles. The van der Waals surface area contributed by atoms with Gasteiger partial charge in [0.25, 0.3) is 0 Å². The number of aryl methyl sites for hydroxylation is 1. The summed E-state index contributed by atoms with van der Waals surface area (Å²) in [4.78, 5) is 7.91. The number of hydrogen-bond acceptors (Lipinski definition) is 4. The van der Waals surface area contributed by atoms with Gasteiger partial charge in [-0.3, -0.25) is 4.98 Å². The van der Waals surface area contributed by atoms with Crippen molar-refractivity contribution in [2.24, 2.45) is 0 Å². The fourth-order valence-electron chi connectivity index (χ4n) is 1.21. The summed E-state index contributed by atoms with van der Waals surface area (Å²) in [5, 5.41) is 0. The number of ether oxygens (including phenoxy) is 1. The summed E-state index contributed by atoms with van der Waals surface area (Å²) < 4.78 is 5.56. The number of aromatic nitrogens is 2. The lowest BCUT2D eigenvalue weighted by molar-refractivity contribution is 0.479. The van der Waals surface area contributed by atoms with Crippen LogP contribution < -0.4 is 10.5 Å². The highest BCUT2D eigenvalue weighted by Crippen LogP contribution is 2.21. The Balaban J connectivity index is 0.000000686. The van der Waals surface area contributed by atoms with E-state index >= 15 is 0 Å². The predicted molar refractivity (Wildman–Crippen MR) is 69.0 cm³/mol. The van der Waals surface area contributed by atoms with Crippen molar-refractivity contribution in [2.45, 2.75) is 20.8 Å². The average Bonchev–Trinajstić information content (AvgIpc) is 2.31. The molecule has 0 saturated carbocycles. The minimum Gasteiger partial charge on any atom is -0.456 e.